The van der Waals surface area contributed by atoms with E-state index in [0.29, 0.717) is 0 Å². The highest BCUT2D eigenvalue weighted by molar-refractivity contribution is 9.11. The summed E-state index contributed by atoms with van der Waals surface area (Å²) in [6, 6.07) is 10.5. The van der Waals surface area contributed by atoms with Crippen LogP contribution in [0.4, 0.5) is 0 Å². The molecule has 0 atom stereocenters. The topological polar surface area (TPSA) is 24.9 Å². The Labute approximate surface area is 128 Å². The number of nitrogens with one attached hydrogen (secondary N) is 1. The largest absolute Gasteiger partial charge is 0.312 e. The van der Waals surface area contributed by atoms with Crippen LogP contribution in [0.25, 0.3) is 10.2 Å². The minimum absolute atomic E-state index is 0.924. The second-order valence-corrected chi connectivity index (χ2v) is 7.67. The summed E-state index contributed by atoms with van der Waals surface area (Å²) < 4.78 is 2.47. The van der Waals surface area contributed by atoms with E-state index in [0.717, 1.165) is 25.0 Å². The van der Waals surface area contributed by atoms with Crippen LogP contribution in [0.1, 0.15) is 10.6 Å². The number of thiazole rings is 1. The van der Waals surface area contributed by atoms with E-state index >= 15 is 0 Å². The van der Waals surface area contributed by atoms with Gasteiger partial charge in [0.2, 0.25) is 0 Å². The lowest BCUT2D eigenvalue weighted by atomic mass is 10.3. The van der Waals surface area contributed by atoms with E-state index in [1.54, 1.807) is 22.7 Å². The van der Waals surface area contributed by atoms with Crippen LogP contribution in [0.15, 0.2) is 39.5 Å². The Hall–Kier alpha value is -0.750. The van der Waals surface area contributed by atoms with Gasteiger partial charge in [0.1, 0.15) is 0 Å². The molecule has 0 spiro atoms. The maximum Gasteiger partial charge on any atom is 0.0951 e. The maximum absolute atomic E-state index is 4.63. The highest BCUT2D eigenvalue weighted by Gasteiger charge is 2.02. The fraction of sp³-hybridized carbons (Fsp3) is 0.214. The molecule has 5 heteroatoms. The molecule has 0 aliphatic rings. The van der Waals surface area contributed by atoms with Gasteiger partial charge in [0.15, 0.2) is 0 Å². The lowest BCUT2D eigenvalue weighted by molar-refractivity contribution is 0.687. The molecule has 0 aliphatic carbocycles. The predicted molar refractivity (Wildman–Crippen MR) is 87.0 cm³/mol. The van der Waals surface area contributed by atoms with Gasteiger partial charge in [-0.1, -0.05) is 12.1 Å². The van der Waals surface area contributed by atoms with Crippen molar-refractivity contribution >= 4 is 48.8 Å². The second-order valence-electron chi connectivity index (χ2n) is 4.26. The van der Waals surface area contributed by atoms with E-state index in [9.17, 15) is 0 Å². The maximum atomic E-state index is 4.63. The number of aromatic nitrogens is 1. The molecule has 0 fully saturated rings. The molecular formula is C14H13BrN2S2. The van der Waals surface area contributed by atoms with Crippen molar-refractivity contribution in [3.63, 3.8) is 0 Å². The lowest BCUT2D eigenvalue weighted by Gasteiger charge is -2.00. The Bertz CT molecular complexity index is 642. The van der Waals surface area contributed by atoms with Crippen molar-refractivity contribution in [2.75, 3.05) is 6.54 Å². The Morgan fingerprint density at radius 2 is 2.16 bits per heavy atom. The minimum atomic E-state index is 0.924. The molecule has 0 saturated carbocycles. The average Bonchev–Trinajstić information content (AvgIpc) is 3.00. The summed E-state index contributed by atoms with van der Waals surface area (Å²) >= 11 is 7.00. The summed E-state index contributed by atoms with van der Waals surface area (Å²) in [7, 11) is 0. The molecule has 0 saturated heterocycles. The second kappa shape index (κ2) is 6.13. The molecule has 0 aliphatic heterocycles. The molecule has 1 aromatic carbocycles. The Kier molecular flexibility index (Phi) is 4.28. The molecule has 0 unspecified atom stereocenters. The van der Waals surface area contributed by atoms with Gasteiger partial charge in [0, 0.05) is 19.5 Å². The van der Waals surface area contributed by atoms with Gasteiger partial charge < -0.3 is 5.32 Å². The van der Waals surface area contributed by atoms with Crippen molar-refractivity contribution in [3.8, 4) is 0 Å². The summed E-state index contributed by atoms with van der Waals surface area (Å²) in [6.45, 7) is 1.89. The summed E-state index contributed by atoms with van der Waals surface area (Å²) in [5.74, 6) is 0. The highest BCUT2D eigenvalue weighted by atomic mass is 79.9. The molecule has 1 N–H and O–H groups in total. The zero-order valence-electron chi connectivity index (χ0n) is 10.2. The van der Waals surface area contributed by atoms with Gasteiger partial charge in [-0.15, -0.1) is 22.7 Å². The number of para-hydroxylation sites is 1. The molecule has 0 bridgehead atoms. The third kappa shape index (κ3) is 3.42. The summed E-state index contributed by atoms with van der Waals surface area (Å²) in [5.41, 5.74) is 2.45. The Morgan fingerprint density at radius 3 is 2.95 bits per heavy atom. The fourth-order valence-corrected chi connectivity index (χ4v) is 4.07. The number of hydrogen-bond donors (Lipinski definition) is 1. The Morgan fingerprint density at radius 1 is 1.26 bits per heavy atom. The van der Waals surface area contributed by atoms with Crippen LogP contribution in [0.2, 0.25) is 0 Å². The zero-order chi connectivity index (χ0) is 13.1. The number of thiophene rings is 1. The first kappa shape index (κ1) is 13.2. The summed E-state index contributed by atoms with van der Waals surface area (Å²) in [4.78, 5) is 4.63. The van der Waals surface area contributed by atoms with Gasteiger partial charge in [-0.25, -0.2) is 4.98 Å². The quantitative estimate of drug-likeness (QED) is 0.686. The van der Waals surface area contributed by atoms with E-state index < -0.39 is 0 Å². The smallest absolute Gasteiger partial charge is 0.0951 e. The van der Waals surface area contributed by atoms with E-state index in [-0.39, 0.29) is 0 Å². The first-order chi connectivity index (χ1) is 9.31. The van der Waals surface area contributed by atoms with Crippen LogP contribution in [0.5, 0.6) is 0 Å². The van der Waals surface area contributed by atoms with Crippen LogP contribution in [0.3, 0.4) is 0 Å². The van der Waals surface area contributed by atoms with Crippen molar-refractivity contribution in [1.29, 1.82) is 0 Å². The van der Waals surface area contributed by atoms with Crippen LogP contribution in [-0.4, -0.2) is 11.5 Å². The minimum Gasteiger partial charge on any atom is -0.312 e. The summed E-state index contributed by atoms with van der Waals surface area (Å²) in [5, 5.41) is 6.84. The molecule has 3 aromatic rings. The molecule has 0 radical (unpaired) electrons. The molecule has 19 heavy (non-hydrogen) atoms. The van der Waals surface area contributed by atoms with Crippen molar-refractivity contribution < 1.29 is 0 Å². The van der Waals surface area contributed by atoms with Crippen molar-refractivity contribution in [1.82, 2.24) is 10.3 Å². The molecule has 2 heterocycles. The van der Waals surface area contributed by atoms with Gasteiger partial charge in [0.05, 0.1) is 19.0 Å². The first-order valence-corrected chi connectivity index (χ1v) is 8.58. The standard InChI is InChI=1S/C14H13BrN2S2/c15-13-7-10(9-18-13)8-16-6-5-14-17-11-3-1-2-4-12(11)19-14/h1-4,7,9,16H,5-6,8H2. The highest BCUT2D eigenvalue weighted by Crippen LogP contribution is 2.22. The molecule has 2 nitrogen and oxygen atoms in total. The van der Waals surface area contributed by atoms with Gasteiger partial charge in [-0.2, -0.15) is 0 Å². The average molecular weight is 353 g/mol. The van der Waals surface area contributed by atoms with Crippen molar-refractivity contribution in [2.45, 2.75) is 13.0 Å². The first-order valence-electron chi connectivity index (χ1n) is 6.09. The third-order valence-electron chi connectivity index (χ3n) is 2.80. The lowest BCUT2D eigenvalue weighted by Crippen LogP contribution is -2.16. The van der Waals surface area contributed by atoms with Gasteiger partial charge in [-0.05, 0) is 45.1 Å². The zero-order valence-corrected chi connectivity index (χ0v) is 13.4. The molecule has 3 rings (SSSR count). The normalized spacial score (nSPS) is 11.2. The predicted octanol–water partition coefficient (Wildman–Crippen LogP) is 4.45. The van der Waals surface area contributed by atoms with Crippen molar-refractivity contribution in [2.24, 2.45) is 0 Å². The monoisotopic (exact) mass is 352 g/mol. The van der Waals surface area contributed by atoms with Gasteiger partial charge in [-0.3, -0.25) is 0 Å². The van der Waals surface area contributed by atoms with Gasteiger partial charge >= 0.3 is 0 Å². The number of fused-ring (bicyclic) bond motifs is 1. The fourth-order valence-electron chi connectivity index (χ4n) is 1.89. The van der Waals surface area contributed by atoms with E-state index in [4.69, 9.17) is 0 Å². The molecular weight excluding hydrogens is 340 g/mol. The van der Waals surface area contributed by atoms with Crippen LogP contribution >= 0.6 is 38.6 Å². The molecule has 98 valence electrons. The van der Waals surface area contributed by atoms with Crippen LogP contribution < -0.4 is 5.32 Å². The number of hydrogen-bond acceptors (Lipinski definition) is 4. The number of rotatable bonds is 5. The number of halogens is 1. The molecule has 0 amide bonds. The van der Waals surface area contributed by atoms with Crippen LogP contribution in [-0.2, 0) is 13.0 Å². The van der Waals surface area contributed by atoms with E-state index in [1.807, 2.05) is 6.07 Å². The Balaban J connectivity index is 1.52. The van der Waals surface area contributed by atoms with Crippen LogP contribution in [0, 0.1) is 0 Å². The number of benzene rings is 1. The molecule has 2 aromatic heterocycles. The van der Waals surface area contributed by atoms with E-state index in [2.05, 4.69) is 55.9 Å². The van der Waals surface area contributed by atoms with Gasteiger partial charge in [0.25, 0.3) is 0 Å². The third-order valence-corrected chi connectivity index (χ3v) is 5.45. The number of nitrogens with zero attached hydrogens (tertiary/aromatic N) is 1. The van der Waals surface area contributed by atoms with Crippen molar-refractivity contribution in [3.05, 3.63) is 50.1 Å². The van der Waals surface area contributed by atoms with E-state index in [1.165, 1.54) is 19.1 Å². The summed E-state index contributed by atoms with van der Waals surface area (Å²) in [6.07, 6.45) is 0.991. The SMILES string of the molecule is Brc1cc(CNCCc2nc3ccccc3s2)cs1.